The van der Waals surface area contributed by atoms with Crippen LogP contribution in [0.4, 0.5) is 0 Å². The summed E-state index contributed by atoms with van der Waals surface area (Å²) in [5, 5.41) is 22.2. The van der Waals surface area contributed by atoms with Gasteiger partial charge in [-0.3, -0.25) is 9.97 Å². The van der Waals surface area contributed by atoms with E-state index in [2.05, 4.69) is 21.4 Å². The van der Waals surface area contributed by atoms with Crippen LogP contribution in [0.2, 0.25) is 0 Å². The molecule has 3 heterocycles. The van der Waals surface area contributed by atoms with Crippen molar-refractivity contribution in [3.63, 3.8) is 0 Å². The van der Waals surface area contributed by atoms with Gasteiger partial charge in [-0.1, -0.05) is 12.1 Å². The van der Waals surface area contributed by atoms with Crippen LogP contribution in [0.5, 0.6) is 5.75 Å². The Kier molecular flexibility index (Phi) is 6.88. The number of nitrogens with zero attached hydrogens (tertiary/aromatic N) is 3. The molecule has 158 valence electrons. The minimum atomic E-state index is -0.0141. The lowest BCUT2D eigenvalue weighted by Crippen LogP contribution is -2.30. The molecule has 2 aromatic heterocycles. The van der Waals surface area contributed by atoms with E-state index in [9.17, 15) is 5.26 Å². The number of ether oxygens (including phenoxy) is 1. The second-order valence-electron chi connectivity index (χ2n) is 7.86. The lowest BCUT2D eigenvalue weighted by atomic mass is 9.99. The number of hydrogen-bond acceptors (Lipinski definition) is 6. The molecule has 1 fully saturated rings. The molecule has 1 aliphatic heterocycles. The highest BCUT2D eigenvalue weighted by Crippen LogP contribution is 2.28. The molecule has 1 aliphatic rings. The van der Waals surface area contributed by atoms with Crippen molar-refractivity contribution in [3.8, 4) is 22.9 Å². The Morgan fingerprint density at radius 1 is 1.03 bits per heavy atom. The summed E-state index contributed by atoms with van der Waals surface area (Å²) in [6, 6.07) is 15.8. The molecular weight excluding hydrogens is 388 g/mol. The first kappa shape index (κ1) is 21.0. The smallest absolute Gasteiger partial charge is 0.137 e. The number of pyridine rings is 2. The second-order valence-corrected chi connectivity index (χ2v) is 7.86. The Balaban J connectivity index is 1.48. The fraction of sp³-hybridized carbons (Fsp3) is 0.320. The Bertz CT molecular complexity index is 1050. The summed E-state index contributed by atoms with van der Waals surface area (Å²) in [4.78, 5) is 8.84. The quantitative estimate of drug-likeness (QED) is 0.615. The number of nitriles is 1. The van der Waals surface area contributed by atoms with Crippen LogP contribution < -0.4 is 10.1 Å². The first-order valence-corrected chi connectivity index (χ1v) is 10.6. The maximum atomic E-state index is 9.64. The average molecular weight is 415 g/mol. The van der Waals surface area contributed by atoms with E-state index < -0.39 is 0 Å². The molecular formula is C25H26N4O2. The number of hydrogen-bond donors (Lipinski definition) is 2. The predicted molar refractivity (Wildman–Crippen MR) is 118 cm³/mol. The maximum absolute atomic E-state index is 9.64. The van der Waals surface area contributed by atoms with Crippen molar-refractivity contribution in [2.75, 3.05) is 19.7 Å². The van der Waals surface area contributed by atoms with Crippen LogP contribution in [0.15, 0.2) is 54.9 Å². The van der Waals surface area contributed by atoms with Crippen LogP contribution in [0.3, 0.4) is 0 Å². The zero-order valence-corrected chi connectivity index (χ0v) is 17.4. The molecule has 0 bridgehead atoms. The highest BCUT2D eigenvalue weighted by molar-refractivity contribution is 5.67. The van der Waals surface area contributed by atoms with Crippen molar-refractivity contribution in [1.82, 2.24) is 15.3 Å². The van der Waals surface area contributed by atoms with E-state index in [1.165, 1.54) is 0 Å². The van der Waals surface area contributed by atoms with E-state index in [-0.39, 0.29) is 6.61 Å². The maximum Gasteiger partial charge on any atom is 0.137 e. The van der Waals surface area contributed by atoms with Gasteiger partial charge in [-0.2, -0.15) is 5.26 Å². The van der Waals surface area contributed by atoms with Crippen LogP contribution in [0.1, 0.15) is 35.4 Å². The number of rotatable bonds is 7. The Morgan fingerprint density at radius 3 is 2.61 bits per heavy atom. The minimum absolute atomic E-state index is 0.0141. The molecule has 0 unspecified atom stereocenters. The molecule has 2 N–H and O–H groups in total. The van der Waals surface area contributed by atoms with Crippen LogP contribution >= 0.6 is 0 Å². The van der Waals surface area contributed by atoms with Gasteiger partial charge in [0.1, 0.15) is 11.8 Å². The van der Waals surface area contributed by atoms with Crippen LogP contribution in [-0.4, -0.2) is 34.8 Å². The average Bonchev–Trinajstić information content (AvgIpc) is 2.84. The van der Waals surface area contributed by atoms with Gasteiger partial charge in [0.15, 0.2) is 0 Å². The predicted octanol–water partition coefficient (Wildman–Crippen LogP) is 3.48. The Hall–Kier alpha value is -3.27. The van der Waals surface area contributed by atoms with Gasteiger partial charge in [0.2, 0.25) is 0 Å². The third-order valence-corrected chi connectivity index (χ3v) is 5.61. The van der Waals surface area contributed by atoms with Gasteiger partial charge in [0.05, 0.1) is 18.8 Å². The highest BCUT2D eigenvalue weighted by Gasteiger charge is 2.15. The summed E-state index contributed by atoms with van der Waals surface area (Å²) in [6.07, 6.45) is 6.28. The van der Waals surface area contributed by atoms with Crippen molar-refractivity contribution in [1.29, 1.82) is 5.26 Å². The third kappa shape index (κ3) is 5.46. The molecule has 0 spiro atoms. The molecule has 31 heavy (non-hydrogen) atoms. The monoisotopic (exact) mass is 414 g/mol. The fourth-order valence-electron chi connectivity index (χ4n) is 3.77. The molecule has 4 rings (SSSR count). The number of piperidine rings is 1. The van der Waals surface area contributed by atoms with Crippen molar-refractivity contribution in [2.45, 2.75) is 25.9 Å². The SMILES string of the molecule is N#Cc1cc(-c2ccnc(Cc3ccc(CO)cn3)c2)ccc1OCC1CCNCC1. The molecule has 6 heteroatoms. The largest absolute Gasteiger partial charge is 0.492 e. The summed E-state index contributed by atoms with van der Waals surface area (Å²) >= 11 is 0. The van der Waals surface area contributed by atoms with E-state index in [4.69, 9.17) is 9.84 Å². The lowest BCUT2D eigenvalue weighted by molar-refractivity contribution is 0.215. The third-order valence-electron chi connectivity index (χ3n) is 5.61. The van der Waals surface area contributed by atoms with Gasteiger partial charge in [-0.15, -0.1) is 0 Å². The summed E-state index contributed by atoms with van der Waals surface area (Å²) in [6.45, 7) is 2.70. The van der Waals surface area contributed by atoms with Crippen molar-refractivity contribution in [3.05, 3.63) is 77.4 Å². The molecule has 0 atom stereocenters. The minimum Gasteiger partial charge on any atom is -0.492 e. The van der Waals surface area contributed by atoms with Gasteiger partial charge in [-0.25, -0.2) is 0 Å². The van der Waals surface area contributed by atoms with Gasteiger partial charge in [0, 0.05) is 30.2 Å². The molecule has 1 aromatic carbocycles. The molecule has 3 aromatic rings. The Labute approximate surface area is 182 Å². The number of benzene rings is 1. The van der Waals surface area contributed by atoms with Gasteiger partial charge >= 0.3 is 0 Å². The number of nitrogens with one attached hydrogen (secondary N) is 1. The molecule has 0 amide bonds. The lowest BCUT2D eigenvalue weighted by Gasteiger charge is -2.23. The Morgan fingerprint density at radius 2 is 1.87 bits per heavy atom. The normalized spacial score (nSPS) is 14.2. The summed E-state index contributed by atoms with van der Waals surface area (Å²) in [5.74, 6) is 1.18. The fourth-order valence-corrected chi connectivity index (χ4v) is 3.77. The van der Waals surface area contributed by atoms with Crippen LogP contribution in [-0.2, 0) is 13.0 Å². The summed E-state index contributed by atoms with van der Waals surface area (Å²) < 4.78 is 5.99. The zero-order chi connectivity index (χ0) is 21.5. The molecule has 0 radical (unpaired) electrons. The highest BCUT2D eigenvalue weighted by atomic mass is 16.5. The van der Waals surface area contributed by atoms with Gasteiger partial charge in [-0.05, 0) is 78.9 Å². The summed E-state index contributed by atoms with van der Waals surface area (Å²) in [5.41, 5.74) is 5.08. The van der Waals surface area contributed by atoms with Crippen LogP contribution in [0, 0.1) is 17.2 Å². The first-order valence-electron chi connectivity index (χ1n) is 10.6. The summed E-state index contributed by atoms with van der Waals surface area (Å²) in [7, 11) is 0. The van der Waals surface area contributed by atoms with Crippen molar-refractivity contribution >= 4 is 0 Å². The second kappa shape index (κ2) is 10.2. The molecule has 0 aliphatic carbocycles. The zero-order valence-electron chi connectivity index (χ0n) is 17.4. The van der Waals surface area contributed by atoms with Gasteiger partial charge < -0.3 is 15.2 Å². The van der Waals surface area contributed by atoms with Crippen molar-refractivity contribution < 1.29 is 9.84 Å². The van der Waals surface area contributed by atoms with E-state index in [0.717, 1.165) is 54.0 Å². The first-order chi connectivity index (χ1) is 15.2. The van der Waals surface area contributed by atoms with Crippen molar-refractivity contribution in [2.24, 2.45) is 5.92 Å². The number of aliphatic hydroxyl groups is 1. The molecule has 0 saturated carbocycles. The number of aliphatic hydroxyl groups excluding tert-OH is 1. The molecule has 1 saturated heterocycles. The van der Waals surface area contributed by atoms with E-state index in [1.807, 2.05) is 42.5 Å². The van der Waals surface area contributed by atoms with E-state index in [0.29, 0.717) is 30.3 Å². The molecule has 6 nitrogen and oxygen atoms in total. The topological polar surface area (TPSA) is 91.1 Å². The van der Waals surface area contributed by atoms with Crippen LogP contribution in [0.25, 0.3) is 11.1 Å². The standard InChI is InChI=1S/C25H26N4O2/c26-14-22-11-20(2-4-25(22)31-17-18-5-8-27-9-6-18)21-7-10-28-24(12-21)13-23-3-1-19(16-30)15-29-23/h1-4,7,10-12,15,18,27,30H,5-6,8-9,13,16-17H2. The number of aromatic nitrogens is 2. The van der Waals surface area contributed by atoms with E-state index in [1.54, 1.807) is 12.4 Å². The van der Waals surface area contributed by atoms with E-state index >= 15 is 0 Å². The van der Waals surface area contributed by atoms with Gasteiger partial charge in [0.25, 0.3) is 0 Å².